The van der Waals surface area contributed by atoms with Crippen LogP contribution in [-0.4, -0.2) is 19.9 Å². The smallest absolute Gasteiger partial charge is 0.159 e. The van der Waals surface area contributed by atoms with Crippen LogP contribution in [0.3, 0.4) is 0 Å². The fraction of sp³-hybridized carbons (Fsp3) is 0.385. The molecule has 6 heteroatoms. The number of aliphatic hydroxyl groups excluding tert-OH is 1. The molecule has 1 aliphatic carbocycles. The molecule has 1 aliphatic rings. The van der Waals surface area contributed by atoms with Gasteiger partial charge in [0.2, 0.25) is 0 Å². The van der Waals surface area contributed by atoms with Crippen molar-refractivity contribution >= 4 is 0 Å². The summed E-state index contributed by atoms with van der Waals surface area (Å²) in [7, 11) is 0. The van der Waals surface area contributed by atoms with E-state index in [-0.39, 0.29) is 24.6 Å². The van der Waals surface area contributed by atoms with Gasteiger partial charge in [0, 0.05) is 18.0 Å². The second kappa shape index (κ2) is 4.70. The molecule has 1 heterocycles. The number of rotatable bonds is 4. The van der Waals surface area contributed by atoms with Crippen LogP contribution in [0.1, 0.15) is 36.1 Å². The van der Waals surface area contributed by atoms with Crippen LogP contribution in [0.5, 0.6) is 0 Å². The lowest BCUT2D eigenvalue weighted by molar-refractivity contribution is 0.264. The van der Waals surface area contributed by atoms with Crippen LogP contribution in [0.2, 0.25) is 0 Å². The molecule has 4 nitrogen and oxygen atoms in total. The van der Waals surface area contributed by atoms with Gasteiger partial charge < -0.3 is 9.67 Å². The minimum Gasteiger partial charge on any atom is -0.388 e. The van der Waals surface area contributed by atoms with Crippen molar-refractivity contribution in [2.24, 2.45) is 0 Å². The van der Waals surface area contributed by atoms with E-state index in [1.807, 2.05) is 0 Å². The highest BCUT2D eigenvalue weighted by atomic mass is 19.1. The number of benzene rings is 1. The first kappa shape index (κ1) is 12.2. The molecule has 1 fully saturated rings. The molecule has 0 atom stereocenters. The molecule has 0 bridgehead atoms. The van der Waals surface area contributed by atoms with Crippen molar-refractivity contribution in [1.29, 1.82) is 0 Å². The molecule has 19 heavy (non-hydrogen) atoms. The van der Waals surface area contributed by atoms with E-state index in [1.54, 1.807) is 4.57 Å². The van der Waals surface area contributed by atoms with Gasteiger partial charge in [-0.15, -0.1) is 10.2 Å². The number of aliphatic hydroxyl groups is 1. The Morgan fingerprint density at radius 2 is 1.79 bits per heavy atom. The van der Waals surface area contributed by atoms with Crippen LogP contribution in [0.25, 0.3) is 0 Å². The van der Waals surface area contributed by atoms with Crippen LogP contribution < -0.4 is 0 Å². The zero-order chi connectivity index (χ0) is 13.4. The van der Waals surface area contributed by atoms with Gasteiger partial charge in [-0.05, 0) is 25.0 Å². The molecule has 0 unspecified atom stereocenters. The van der Waals surface area contributed by atoms with Gasteiger partial charge >= 0.3 is 0 Å². The molecular weight excluding hydrogens is 252 g/mol. The summed E-state index contributed by atoms with van der Waals surface area (Å²) >= 11 is 0. The van der Waals surface area contributed by atoms with Crippen molar-refractivity contribution in [2.75, 3.05) is 0 Å². The van der Waals surface area contributed by atoms with Gasteiger partial charge in [0.1, 0.15) is 24.1 Å². The van der Waals surface area contributed by atoms with E-state index in [0.29, 0.717) is 11.6 Å². The Hall–Kier alpha value is -1.82. The first-order valence-electron chi connectivity index (χ1n) is 6.17. The summed E-state index contributed by atoms with van der Waals surface area (Å²) in [5, 5.41) is 17.0. The Labute approximate surface area is 108 Å². The molecule has 1 N–H and O–H groups in total. The summed E-state index contributed by atoms with van der Waals surface area (Å²) in [6.07, 6.45) is 2.01. The molecule has 0 saturated heterocycles. The first-order valence-corrected chi connectivity index (χ1v) is 6.17. The Kier molecular flexibility index (Phi) is 3.02. The molecule has 1 aromatic heterocycles. The quantitative estimate of drug-likeness (QED) is 0.919. The fourth-order valence-corrected chi connectivity index (χ4v) is 2.20. The molecule has 1 aromatic carbocycles. The number of nitrogens with zero attached hydrogens (tertiary/aromatic N) is 3. The average molecular weight is 265 g/mol. The van der Waals surface area contributed by atoms with Crippen molar-refractivity contribution < 1.29 is 13.9 Å². The molecule has 0 amide bonds. The predicted octanol–water partition coefficient (Wildman–Crippen LogP) is 1.97. The van der Waals surface area contributed by atoms with Gasteiger partial charge in [0.25, 0.3) is 0 Å². The maximum absolute atomic E-state index is 13.6. The lowest BCUT2D eigenvalue weighted by atomic mass is 10.1. The van der Waals surface area contributed by atoms with Crippen molar-refractivity contribution in [3.63, 3.8) is 0 Å². The van der Waals surface area contributed by atoms with E-state index in [1.165, 1.54) is 18.2 Å². The molecular formula is C13H13F2N3O. The maximum atomic E-state index is 13.6. The number of halogens is 2. The Morgan fingerprint density at radius 3 is 2.37 bits per heavy atom. The van der Waals surface area contributed by atoms with E-state index >= 15 is 0 Å². The van der Waals surface area contributed by atoms with Gasteiger partial charge in [0.05, 0.1) is 0 Å². The van der Waals surface area contributed by atoms with Crippen molar-refractivity contribution in [3.05, 3.63) is 47.0 Å². The zero-order valence-electron chi connectivity index (χ0n) is 10.2. The monoisotopic (exact) mass is 265 g/mol. The first-order chi connectivity index (χ1) is 9.20. The number of aromatic nitrogens is 3. The van der Waals surface area contributed by atoms with Crippen molar-refractivity contribution in [3.8, 4) is 0 Å². The van der Waals surface area contributed by atoms with Crippen LogP contribution in [0.15, 0.2) is 18.2 Å². The van der Waals surface area contributed by atoms with Gasteiger partial charge in [-0.2, -0.15) is 0 Å². The highest BCUT2D eigenvalue weighted by Gasteiger charge is 2.29. The summed E-state index contributed by atoms with van der Waals surface area (Å²) in [5.41, 5.74) is -0.0127. The van der Waals surface area contributed by atoms with Crippen LogP contribution >= 0.6 is 0 Å². The highest BCUT2D eigenvalue weighted by Crippen LogP contribution is 2.37. The lowest BCUT2D eigenvalue weighted by Gasteiger charge is -2.08. The molecule has 0 aliphatic heterocycles. The third kappa shape index (κ3) is 2.23. The third-order valence-electron chi connectivity index (χ3n) is 3.29. The second-order valence-corrected chi connectivity index (χ2v) is 4.67. The van der Waals surface area contributed by atoms with Crippen molar-refractivity contribution in [2.45, 2.75) is 31.9 Å². The predicted molar refractivity (Wildman–Crippen MR) is 63.4 cm³/mol. The summed E-state index contributed by atoms with van der Waals surface area (Å²) in [5.74, 6) is -0.225. The Balaban J connectivity index is 1.97. The van der Waals surface area contributed by atoms with Crippen LogP contribution in [0, 0.1) is 11.6 Å². The third-order valence-corrected chi connectivity index (χ3v) is 3.29. The largest absolute Gasteiger partial charge is 0.388 e. The summed E-state index contributed by atoms with van der Waals surface area (Å²) < 4.78 is 29.1. The van der Waals surface area contributed by atoms with E-state index in [2.05, 4.69) is 10.2 Å². The summed E-state index contributed by atoms with van der Waals surface area (Å²) in [6.45, 7) is -0.219. The summed E-state index contributed by atoms with van der Waals surface area (Å²) in [4.78, 5) is 0. The molecule has 3 rings (SSSR count). The lowest BCUT2D eigenvalue weighted by Crippen LogP contribution is -2.08. The number of hydrogen-bond acceptors (Lipinski definition) is 3. The van der Waals surface area contributed by atoms with E-state index in [9.17, 15) is 13.9 Å². The summed E-state index contributed by atoms with van der Waals surface area (Å²) in [6, 6.07) is 4.03. The second-order valence-electron chi connectivity index (χ2n) is 4.67. The fourth-order valence-electron chi connectivity index (χ4n) is 2.20. The molecule has 0 radical (unpaired) electrons. The average Bonchev–Trinajstić information content (AvgIpc) is 3.15. The van der Waals surface area contributed by atoms with Crippen molar-refractivity contribution in [1.82, 2.24) is 14.8 Å². The van der Waals surface area contributed by atoms with E-state index < -0.39 is 11.6 Å². The minimum atomic E-state index is -0.587. The molecule has 1 saturated carbocycles. The highest BCUT2D eigenvalue weighted by molar-refractivity contribution is 5.23. The Morgan fingerprint density at radius 1 is 1.16 bits per heavy atom. The SMILES string of the molecule is OCc1nnc(Cc2c(F)cccc2F)n1C1CC1. The topological polar surface area (TPSA) is 50.9 Å². The molecule has 0 spiro atoms. The molecule has 100 valence electrons. The normalized spacial score (nSPS) is 14.9. The van der Waals surface area contributed by atoms with Crippen LogP contribution in [-0.2, 0) is 13.0 Å². The van der Waals surface area contributed by atoms with Crippen LogP contribution in [0.4, 0.5) is 8.78 Å². The van der Waals surface area contributed by atoms with Gasteiger partial charge in [-0.25, -0.2) is 8.78 Å². The van der Waals surface area contributed by atoms with E-state index in [4.69, 9.17) is 0 Å². The Bertz CT molecular complexity index is 588. The standard InChI is InChI=1S/C13H13F2N3O/c14-10-2-1-3-11(15)9(10)6-12-16-17-13(7-19)18(12)8-4-5-8/h1-3,8,19H,4-7H2. The van der Waals surface area contributed by atoms with Gasteiger partial charge in [0.15, 0.2) is 5.82 Å². The maximum Gasteiger partial charge on any atom is 0.159 e. The van der Waals surface area contributed by atoms with Gasteiger partial charge in [-0.3, -0.25) is 0 Å². The number of hydrogen-bond donors (Lipinski definition) is 1. The minimum absolute atomic E-state index is 0.0127. The molecule has 2 aromatic rings. The van der Waals surface area contributed by atoms with Gasteiger partial charge in [-0.1, -0.05) is 6.07 Å². The zero-order valence-corrected chi connectivity index (χ0v) is 10.2. The van der Waals surface area contributed by atoms with E-state index in [0.717, 1.165) is 12.8 Å².